The Bertz CT molecular complexity index is 1340. The summed E-state index contributed by atoms with van der Waals surface area (Å²) in [6, 6.07) is 10.8. The number of nitrogens with one attached hydrogen (secondary N) is 2. The lowest BCUT2D eigenvalue weighted by Gasteiger charge is -2.38. The van der Waals surface area contributed by atoms with Crippen LogP contribution in [0, 0.1) is 6.92 Å². The van der Waals surface area contributed by atoms with E-state index in [2.05, 4.69) is 37.9 Å². The Morgan fingerprint density at radius 3 is 2.42 bits per heavy atom. The summed E-state index contributed by atoms with van der Waals surface area (Å²) in [6.45, 7) is 12.7. The van der Waals surface area contributed by atoms with Crippen molar-refractivity contribution in [1.29, 1.82) is 0 Å². The number of hydrogen-bond acceptors (Lipinski definition) is 9. The molecule has 0 atom stereocenters. The molecule has 0 spiro atoms. The van der Waals surface area contributed by atoms with Crippen LogP contribution in [0.2, 0.25) is 25.2 Å². The van der Waals surface area contributed by atoms with Gasteiger partial charge in [0.05, 0.1) is 44.8 Å². The highest BCUT2D eigenvalue weighted by Crippen LogP contribution is 2.32. The Labute approximate surface area is 237 Å². The summed E-state index contributed by atoms with van der Waals surface area (Å²) in [4.78, 5) is 34.4. The number of amides is 1. The maximum atomic E-state index is 13.6. The summed E-state index contributed by atoms with van der Waals surface area (Å²) in [7, 11) is -5.29. The first-order valence-corrected chi connectivity index (χ1v) is 18.7. The van der Waals surface area contributed by atoms with Gasteiger partial charge in [0.15, 0.2) is 5.75 Å². The molecule has 4 rings (SSSR count). The molecule has 0 unspecified atom stereocenters. The number of carbonyl (C=O) groups excluding carboxylic acids is 2. The summed E-state index contributed by atoms with van der Waals surface area (Å²) >= 11 is 0. The molecular formula is C27H39N5O6SSi. The lowest BCUT2D eigenvalue weighted by molar-refractivity contribution is -0.139. The third-order valence-corrected chi connectivity index (χ3v) is 11.4. The minimum Gasteiger partial charge on any atom is -0.465 e. The molecule has 1 aromatic heterocycles. The molecule has 1 aromatic carbocycles. The third-order valence-electron chi connectivity index (χ3n) is 7.12. The molecule has 2 saturated heterocycles. The van der Waals surface area contributed by atoms with E-state index in [0.717, 1.165) is 49.6 Å². The van der Waals surface area contributed by atoms with Crippen molar-refractivity contribution in [2.75, 3.05) is 71.6 Å². The van der Waals surface area contributed by atoms with Crippen molar-refractivity contribution in [2.45, 2.75) is 39.0 Å². The molecule has 40 heavy (non-hydrogen) atoms. The molecule has 0 bridgehead atoms. The molecule has 1 amide bonds. The molecule has 13 heteroatoms. The summed E-state index contributed by atoms with van der Waals surface area (Å²) in [5.41, 5.74) is 2.31. The summed E-state index contributed by atoms with van der Waals surface area (Å²) < 4.78 is 37.9. The van der Waals surface area contributed by atoms with E-state index in [9.17, 15) is 18.0 Å². The fourth-order valence-electron chi connectivity index (χ4n) is 4.83. The Morgan fingerprint density at radius 1 is 1.05 bits per heavy atom. The highest BCUT2D eigenvalue weighted by molar-refractivity contribution is 7.93. The predicted molar refractivity (Wildman–Crippen MR) is 160 cm³/mol. The Balaban J connectivity index is 1.60. The monoisotopic (exact) mass is 589 g/mol. The normalized spacial score (nSPS) is 17.3. The van der Waals surface area contributed by atoms with Crippen LogP contribution < -0.4 is 19.8 Å². The van der Waals surface area contributed by atoms with E-state index < -0.39 is 29.8 Å². The number of benzene rings is 1. The van der Waals surface area contributed by atoms with Gasteiger partial charge in [-0.05, 0) is 61.8 Å². The molecule has 2 aliphatic heterocycles. The molecular weight excluding hydrogens is 550 g/mol. The van der Waals surface area contributed by atoms with Gasteiger partial charge in [-0.2, -0.15) is 0 Å². The van der Waals surface area contributed by atoms with Crippen molar-refractivity contribution >= 4 is 53.0 Å². The number of esters is 1. The van der Waals surface area contributed by atoms with Crippen molar-refractivity contribution < 1.29 is 27.5 Å². The quantitative estimate of drug-likeness (QED) is 0.334. The molecule has 218 valence electrons. The lowest BCUT2D eigenvalue weighted by atomic mass is 10.1. The van der Waals surface area contributed by atoms with E-state index in [-0.39, 0.29) is 18.2 Å². The number of pyridine rings is 1. The van der Waals surface area contributed by atoms with E-state index >= 15 is 0 Å². The van der Waals surface area contributed by atoms with Gasteiger partial charge in [0, 0.05) is 26.2 Å². The maximum Gasteiger partial charge on any atom is 0.323 e. The fraction of sp³-hybridized carbons (Fsp3) is 0.519. The highest BCUT2D eigenvalue weighted by atomic mass is 32.2. The van der Waals surface area contributed by atoms with Crippen molar-refractivity contribution in [3.63, 3.8) is 0 Å². The standard InChI is InChI=1S/C27H39N5O6SSi/c1-5-38-26(33)19-39(35,36)30-21-6-7-22(23(18-21)31-10-14-40(3,4)15-11-31)27(34)29-24-16-20(2)17-25(28-24)32-8-12-37-13-9-32/h6-7,16-18,30H,5,8-15,19H2,1-4H3,(H,28,29,34). The van der Waals surface area contributed by atoms with Crippen LogP contribution in [-0.4, -0.2) is 85.1 Å². The molecule has 0 aliphatic carbocycles. The summed E-state index contributed by atoms with van der Waals surface area (Å²) in [5, 5.41) is 2.96. The number of nitrogens with zero attached hydrogens (tertiary/aromatic N) is 3. The number of carbonyl (C=O) groups is 2. The van der Waals surface area contributed by atoms with E-state index in [1.165, 1.54) is 6.07 Å². The zero-order valence-corrected chi connectivity index (χ0v) is 25.5. The number of aromatic nitrogens is 1. The van der Waals surface area contributed by atoms with Gasteiger partial charge in [-0.15, -0.1) is 0 Å². The van der Waals surface area contributed by atoms with E-state index in [4.69, 9.17) is 9.47 Å². The van der Waals surface area contributed by atoms with Crippen LogP contribution in [0.3, 0.4) is 0 Å². The number of morpholine rings is 1. The van der Waals surface area contributed by atoms with Crippen LogP contribution in [0.4, 0.5) is 23.0 Å². The summed E-state index contributed by atoms with van der Waals surface area (Å²) in [5.74, 6) is -0.704. The van der Waals surface area contributed by atoms with Gasteiger partial charge in [-0.25, -0.2) is 13.4 Å². The highest BCUT2D eigenvalue weighted by Gasteiger charge is 2.30. The Hall–Kier alpha value is -3.16. The zero-order chi connectivity index (χ0) is 28.9. The topological polar surface area (TPSA) is 130 Å². The van der Waals surface area contributed by atoms with Gasteiger partial charge in [-0.1, -0.05) is 13.1 Å². The van der Waals surface area contributed by atoms with Crippen LogP contribution >= 0.6 is 0 Å². The van der Waals surface area contributed by atoms with Gasteiger partial charge >= 0.3 is 5.97 Å². The van der Waals surface area contributed by atoms with Gasteiger partial charge in [-0.3, -0.25) is 14.3 Å². The minimum absolute atomic E-state index is 0.0979. The van der Waals surface area contributed by atoms with Gasteiger partial charge in [0.25, 0.3) is 5.91 Å². The number of aryl methyl sites for hydroxylation is 1. The van der Waals surface area contributed by atoms with Crippen molar-refractivity contribution in [1.82, 2.24) is 4.98 Å². The fourth-order valence-corrected chi connectivity index (χ4v) is 7.78. The van der Waals surface area contributed by atoms with Crippen LogP contribution in [0.25, 0.3) is 0 Å². The first kappa shape index (κ1) is 29.8. The first-order chi connectivity index (χ1) is 18.9. The Morgan fingerprint density at radius 2 is 1.75 bits per heavy atom. The maximum absolute atomic E-state index is 13.6. The van der Waals surface area contributed by atoms with Crippen LogP contribution in [-0.2, 0) is 24.3 Å². The largest absolute Gasteiger partial charge is 0.465 e. The van der Waals surface area contributed by atoms with Gasteiger partial charge in [0.1, 0.15) is 11.6 Å². The number of hydrogen-bond donors (Lipinski definition) is 2. The molecule has 3 heterocycles. The van der Waals surface area contributed by atoms with Crippen molar-refractivity contribution in [3.8, 4) is 0 Å². The number of rotatable bonds is 9. The molecule has 2 aliphatic rings. The predicted octanol–water partition coefficient (Wildman–Crippen LogP) is 3.31. The van der Waals surface area contributed by atoms with Gasteiger partial charge in [0.2, 0.25) is 10.0 Å². The van der Waals surface area contributed by atoms with E-state index in [0.29, 0.717) is 30.3 Å². The van der Waals surface area contributed by atoms with Crippen molar-refractivity contribution in [2.24, 2.45) is 0 Å². The van der Waals surface area contributed by atoms with Crippen LogP contribution in [0.5, 0.6) is 0 Å². The zero-order valence-electron chi connectivity index (χ0n) is 23.7. The Kier molecular flexibility index (Phi) is 9.36. The number of ether oxygens (including phenoxy) is 2. The summed E-state index contributed by atoms with van der Waals surface area (Å²) in [6.07, 6.45) is 0. The molecule has 2 aromatic rings. The third kappa shape index (κ3) is 7.95. The van der Waals surface area contributed by atoms with E-state index in [1.54, 1.807) is 19.1 Å². The van der Waals surface area contributed by atoms with Crippen molar-refractivity contribution in [3.05, 3.63) is 41.5 Å². The first-order valence-electron chi connectivity index (χ1n) is 13.6. The van der Waals surface area contributed by atoms with Crippen LogP contribution in [0.1, 0.15) is 22.8 Å². The molecule has 2 fully saturated rings. The number of sulfonamides is 1. The average Bonchev–Trinajstić information content (AvgIpc) is 2.88. The second-order valence-corrected chi connectivity index (χ2v) is 18.0. The molecule has 0 saturated carbocycles. The SMILES string of the molecule is CCOC(=O)CS(=O)(=O)Nc1ccc(C(=O)Nc2cc(C)cc(N3CCOCC3)n2)c(N2CC[Si](C)(C)CC2)c1. The average molecular weight is 590 g/mol. The molecule has 11 nitrogen and oxygen atoms in total. The minimum atomic E-state index is -3.98. The van der Waals surface area contributed by atoms with Crippen LogP contribution in [0.15, 0.2) is 30.3 Å². The molecule has 2 N–H and O–H groups in total. The van der Waals surface area contributed by atoms with E-state index in [1.807, 2.05) is 19.1 Å². The van der Waals surface area contributed by atoms with Gasteiger partial charge < -0.3 is 24.6 Å². The lowest BCUT2D eigenvalue weighted by Crippen LogP contribution is -2.43. The second kappa shape index (κ2) is 12.6. The second-order valence-electron chi connectivity index (χ2n) is 11.0. The smallest absolute Gasteiger partial charge is 0.323 e. The molecule has 0 radical (unpaired) electrons. The number of anilines is 4.